The monoisotopic (exact) mass is 278 g/mol. The van der Waals surface area contributed by atoms with Crippen LogP contribution in [-0.2, 0) is 0 Å². The molecule has 1 aromatic rings. The van der Waals surface area contributed by atoms with Crippen LogP contribution in [0.3, 0.4) is 0 Å². The molecule has 4 heteroatoms. The van der Waals surface area contributed by atoms with Crippen LogP contribution in [-0.4, -0.2) is 31.4 Å². The topological polar surface area (TPSA) is 32.3 Å². The van der Waals surface area contributed by atoms with Crippen LogP contribution in [0.1, 0.15) is 42.5 Å². The summed E-state index contributed by atoms with van der Waals surface area (Å²) >= 11 is 0. The molecule has 1 amide bonds. The van der Waals surface area contributed by atoms with Gasteiger partial charge in [-0.15, -0.1) is 0 Å². The number of carbonyl (C=O) groups excluding carboxylic acids is 1. The maximum Gasteiger partial charge on any atom is 0.255 e. The number of para-hydroxylation sites is 1. The average Bonchev–Trinajstić information content (AvgIpc) is 2.47. The van der Waals surface area contributed by atoms with Crippen molar-refractivity contribution in [3.05, 3.63) is 29.6 Å². The van der Waals surface area contributed by atoms with Gasteiger partial charge in [0, 0.05) is 20.6 Å². The van der Waals surface area contributed by atoms with Gasteiger partial charge in [0.2, 0.25) is 0 Å². The van der Waals surface area contributed by atoms with Crippen LogP contribution in [0.15, 0.2) is 18.2 Å². The first-order valence-corrected chi connectivity index (χ1v) is 7.35. The van der Waals surface area contributed by atoms with Gasteiger partial charge in [0.15, 0.2) is 0 Å². The summed E-state index contributed by atoms with van der Waals surface area (Å²) in [6, 6.07) is 4.62. The van der Waals surface area contributed by atoms with Crippen molar-refractivity contribution in [3.63, 3.8) is 0 Å². The van der Waals surface area contributed by atoms with Gasteiger partial charge >= 0.3 is 0 Å². The summed E-state index contributed by atoms with van der Waals surface area (Å²) in [7, 11) is 3.44. The number of rotatable bonds is 4. The van der Waals surface area contributed by atoms with Gasteiger partial charge in [-0.05, 0) is 30.9 Å². The zero-order valence-electron chi connectivity index (χ0n) is 12.3. The van der Waals surface area contributed by atoms with Gasteiger partial charge in [-0.3, -0.25) is 4.79 Å². The largest absolute Gasteiger partial charge is 0.385 e. The van der Waals surface area contributed by atoms with E-state index in [1.54, 1.807) is 31.1 Å². The van der Waals surface area contributed by atoms with Crippen LogP contribution < -0.4 is 5.32 Å². The van der Waals surface area contributed by atoms with Crippen molar-refractivity contribution in [1.29, 1.82) is 0 Å². The minimum atomic E-state index is -0.385. The van der Waals surface area contributed by atoms with Gasteiger partial charge in [0.25, 0.3) is 5.91 Å². The van der Waals surface area contributed by atoms with Crippen molar-refractivity contribution in [3.8, 4) is 0 Å². The Kier molecular flexibility index (Phi) is 4.99. The van der Waals surface area contributed by atoms with Gasteiger partial charge in [-0.1, -0.05) is 25.3 Å². The number of carbonyl (C=O) groups is 1. The smallest absolute Gasteiger partial charge is 0.255 e. The third kappa shape index (κ3) is 3.30. The summed E-state index contributed by atoms with van der Waals surface area (Å²) in [6.45, 7) is 0.762. The van der Waals surface area contributed by atoms with E-state index in [4.69, 9.17) is 0 Å². The van der Waals surface area contributed by atoms with Crippen molar-refractivity contribution >= 4 is 11.6 Å². The predicted molar refractivity (Wildman–Crippen MR) is 79.5 cm³/mol. The predicted octanol–water partition coefficient (Wildman–Crippen LogP) is 3.52. The first-order valence-electron chi connectivity index (χ1n) is 7.35. The molecule has 1 saturated carbocycles. The summed E-state index contributed by atoms with van der Waals surface area (Å²) in [5.41, 5.74) is 0.693. The minimum absolute atomic E-state index is 0.112. The van der Waals surface area contributed by atoms with Gasteiger partial charge in [0.05, 0.1) is 11.3 Å². The van der Waals surface area contributed by atoms with Crippen LogP contribution in [0.5, 0.6) is 0 Å². The molecular weight excluding hydrogens is 255 g/mol. The van der Waals surface area contributed by atoms with E-state index in [0.29, 0.717) is 11.5 Å². The highest BCUT2D eigenvalue weighted by Crippen LogP contribution is 2.26. The summed E-state index contributed by atoms with van der Waals surface area (Å²) in [5.74, 6) is 0.0909. The van der Waals surface area contributed by atoms with E-state index in [2.05, 4.69) is 5.32 Å². The van der Waals surface area contributed by atoms with Crippen molar-refractivity contribution < 1.29 is 9.18 Å². The second-order valence-electron chi connectivity index (χ2n) is 5.60. The number of hydrogen-bond donors (Lipinski definition) is 1. The molecule has 2 rings (SSSR count). The molecule has 1 N–H and O–H groups in total. The molecule has 110 valence electrons. The molecule has 3 nitrogen and oxygen atoms in total. The van der Waals surface area contributed by atoms with Crippen LogP contribution in [0, 0.1) is 11.7 Å². The third-order valence-electron chi connectivity index (χ3n) is 4.10. The first kappa shape index (κ1) is 14.8. The number of benzene rings is 1. The van der Waals surface area contributed by atoms with Crippen molar-refractivity contribution in [2.24, 2.45) is 5.92 Å². The van der Waals surface area contributed by atoms with Crippen LogP contribution >= 0.6 is 0 Å². The van der Waals surface area contributed by atoms with Gasteiger partial charge in [-0.2, -0.15) is 0 Å². The molecule has 20 heavy (non-hydrogen) atoms. The Morgan fingerprint density at radius 1 is 1.35 bits per heavy atom. The molecule has 0 heterocycles. The molecule has 1 aliphatic carbocycles. The Morgan fingerprint density at radius 3 is 2.70 bits per heavy atom. The fraction of sp³-hybridized carbons (Fsp3) is 0.562. The van der Waals surface area contributed by atoms with Crippen molar-refractivity contribution in [1.82, 2.24) is 4.90 Å². The average molecular weight is 278 g/mol. The van der Waals surface area contributed by atoms with E-state index >= 15 is 0 Å². The molecule has 0 aliphatic heterocycles. The molecule has 0 atom stereocenters. The normalized spacial score (nSPS) is 15.9. The quantitative estimate of drug-likeness (QED) is 0.914. The number of anilines is 1. The lowest BCUT2D eigenvalue weighted by molar-refractivity contribution is 0.0761. The van der Waals surface area contributed by atoms with Gasteiger partial charge in [-0.25, -0.2) is 4.39 Å². The third-order valence-corrected chi connectivity index (χ3v) is 4.10. The van der Waals surface area contributed by atoms with Crippen molar-refractivity contribution in [2.45, 2.75) is 32.1 Å². The molecule has 1 fully saturated rings. The molecule has 1 aromatic carbocycles. The van der Waals surface area contributed by atoms with E-state index in [1.807, 2.05) is 0 Å². The Hall–Kier alpha value is -1.58. The molecule has 0 saturated heterocycles. The van der Waals surface area contributed by atoms with E-state index in [0.717, 1.165) is 6.54 Å². The molecule has 0 radical (unpaired) electrons. The van der Waals surface area contributed by atoms with Crippen molar-refractivity contribution in [2.75, 3.05) is 26.0 Å². The number of hydrogen-bond acceptors (Lipinski definition) is 2. The van der Waals surface area contributed by atoms with Gasteiger partial charge in [0.1, 0.15) is 5.82 Å². The zero-order chi connectivity index (χ0) is 14.5. The summed E-state index contributed by atoms with van der Waals surface area (Å²) in [6.07, 6.45) is 6.21. The molecule has 0 unspecified atom stereocenters. The maximum absolute atomic E-state index is 13.7. The Bertz CT molecular complexity index is 470. The maximum atomic E-state index is 13.7. The summed E-state index contributed by atoms with van der Waals surface area (Å²) < 4.78 is 13.7. The second-order valence-corrected chi connectivity index (χ2v) is 5.60. The number of halogens is 1. The van der Waals surface area contributed by atoms with E-state index in [9.17, 15) is 9.18 Å². The highest BCUT2D eigenvalue weighted by molar-refractivity contribution is 5.99. The lowest BCUT2D eigenvalue weighted by Crippen LogP contribution is -2.33. The molecule has 0 bridgehead atoms. The Balaban J connectivity index is 2.08. The Labute approximate surface area is 120 Å². The summed E-state index contributed by atoms with van der Waals surface area (Å²) in [4.78, 5) is 14.2. The number of nitrogens with one attached hydrogen (secondary N) is 1. The Morgan fingerprint density at radius 2 is 2.05 bits per heavy atom. The first-order chi connectivity index (χ1) is 9.63. The molecular formula is C16H23FN2O. The second kappa shape index (κ2) is 6.73. The fourth-order valence-electron chi connectivity index (χ4n) is 3.00. The highest BCUT2D eigenvalue weighted by atomic mass is 19.1. The van der Waals surface area contributed by atoms with Crippen LogP contribution in [0.4, 0.5) is 10.1 Å². The lowest BCUT2D eigenvalue weighted by atomic mass is 9.89. The molecule has 0 aromatic heterocycles. The van der Waals surface area contributed by atoms with E-state index in [1.165, 1.54) is 38.2 Å². The minimum Gasteiger partial charge on any atom is -0.385 e. The SMILES string of the molecule is CNc1c(F)cccc1C(=O)N(C)CC1CCCCC1. The van der Waals surface area contributed by atoms with Crippen LogP contribution in [0.25, 0.3) is 0 Å². The van der Waals surface area contributed by atoms with E-state index in [-0.39, 0.29) is 17.4 Å². The number of nitrogens with zero attached hydrogens (tertiary/aromatic N) is 1. The fourth-order valence-corrected chi connectivity index (χ4v) is 3.00. The summed E-state index contributed by atoms with van der Waals surface area (Å²) in [5, 5.41) is 2.78. The number of amides is 1. The molecule has 0 spiro atoms. The standard InChI is InChI=1S/C16H23FN2O/c1-18-15-13(9-6-10-14(15)17)16(20)19(2)11-12-7-4-3-5-8-12/h6,9-10,12,18H,3-5,7-8,11H2,1-2H3. The van der Waals surface area contributed by atoms with Crippen LogP contribution in [0.2, 0.25) is 0 Å². The van der Waals surface area contributed by atoms with Gasteiger partial charge < -0.3 is 10.2 Å². The zero-order valence-corrected chi connectivity index (χ0v) is 12.3. The van der Waals surface area contributed by atoms with E-state index < -0.39 is 0 Å². The highest BCUT2D eigenvalue weighted by Gasteiger charge is 2.21. The lowest BCUT2D eigenvalue weighted by Gasteiger charge is -2.27. The molecule has 1 aliphatic rings.